The Morgan fingerprint density at radius 1 is 1.39 bits per heavy atom. The smallest absolute Gasteiger partial charge is 0.222 e. The van der Waals surface area contributed by atoms with Gasteiger partial charge in [-0.2, -0.15) is 0 Å². The van der Waals surface area contributed by atoms with Gasteiger partial charge in [0.15, 0.2) is 0 Å². The maximum Gasteiger partial charge on any atom is 0.222 e. The number of carbonyl (C=O) groups is 1. The van der Waals surface area contributed by atoms with Gasteiger partial charge in [-0.1, -0.05) is 32.0 Å². The molecule has 1 aliphatic rings. The molecule has 0 aliphatic heterocycles. The van der Waals surface area contributed by atoms with Crippen LogP contribution in [0.2, 0.25) is 0 Å². The van der Waals surface area contributed by atoms with E-state index in [1.807, 2.05) is 13.8 Å². The zero-order chi connectivity index (χ0) is 13.1. The van der Waals surface area contributed by atoms with Crippen LogP contribution in [0.1, 0.15) is 30.5 Å². The van der Waals surface area contributed by atoms with E-state index in [9.17, 15) is 4.79 Å². The van der Waals surface area contributed by atoms with Gasteiger partial charge in [0.1, 0.15) is 0 Å². The van der Waals surface area contributed by atoms with E-state index in [1.165, 1.54) is 16.7 Å². The molecule has 1 amide bonds. The standard InChI is InChI=1S/C15H20ClNO/c1-10(2)15(18)17-14-8-12-4-3-11(5-6-16)7-13(12)9-14/h3-4,7,10,14H,5-6,8-9H2,1-2H3,(H,17,18)/t14-/m1/s1. The summed E-state index contributed by atoms with van der Waals surface area (Å²) in [5, 5.41) is 3.11. The van der Waals surface area contributed by atoms with Crippen LogP contribution >= 0.6 is 11.6 Å². The van der Waals surface area contributed by atoms with E-state index in [2.05, 4.69) is 23.5 Å². The van der Waals surface area contributed by atoms with Crippen LogP contribution in [-0.4, -0.2) is 17.8 Å². The molecule has 18 heavy (non-hydrogen) atoms. The minimum Gasteiger partial charge on any atom is -0.352 e. The zero-order valence-electron chi connectivity index (χ0n) is 11.0. The maximum absolute atomic E-state index is 11.7. The number of amides is 1. The van der Waals surface area contributed by atoms with Crippen molar-refractivity contribution in [3.8, 4) is 0 Å². The van der Waals surface area contributed by atoms with E-state index in [0.717, 1.165) is 19.3 Å². The molecule has 0 heterocycles. The van der Waals surface area contributed by atoms with Gasteiger partial charge in [-0.3, -0.25) is 4.79 Å². The van der Waals surface area contributed by atoms with Crippen LogP contribution in [0.25, 0.3) is 0 Å². The predicted molar refractivity (Wildman–Crippen MR) is 75.0 cm³/mol. The van der Waals surface area contributed by atoms with Crippen LogP contribution in [0.3, 0.4) is 0 Å². The van der Waals surface area contributed by atoms with Gasteiger partial charge >= 0.3 is 0 Å². The molecule has 0 fully saturated rings. The number of hydrogen-bond donors (Lipinski definition) is 1. The van der Waals surface area contributed by atoms with E-state index >= 15 is 0 Å². The third-order valence-electron chi connectivity index (χ3n) is 3.46. The molecule has 2 rings (SSSR count). The van der Waals surface area contributed by atoms with Gasteiger partial charge in [0.05, 0.1) is 0 Å². The van der Waals surface area contributed by atoms with Crippen molar-refractivity contribution in [1.82, 2.24) is 5.32 Å². The lowest BCUT2D eigenvalue weighted by atomic mass is 10.1. The number of fused-ring (bicyclic) bond motifs is 1. The second kappa shape index (κ2) is 5.75. The minimum absolute atomic E-state index is 0.0560. The molecule has 2 nitrogen and oxygen atoms in total. The van der Waals surface area contributed by atoms with Crippen LogP contribution in [0, 0.1) is 5.92 Å². The van der Waals surface area contributed by atoms with Crippen LogP contribution in [0.5, 0.6) is 0 Å². The number of benzene rings is 1. The lowest BCUT2D eigenvalue weighted by Gasteiger charge is -2.13. The molecule has 3 heteroatoms. The molecule has 98 valence electrons. The molecule has 0 spiro atoms. The Morgan fingerprint density at radius 3 is 2.78 bits per heavy atom. The molecule has 1 atom stereocenters. The lowest BCUT2D eigenvalue weighted by Crippen LogP contribution is -2.37. The number of carbonyl (C=O) groups excluding carboxylic acids is 1. The van der Waals surface area contributed by atoms with Crippen molar-refractivity contribution < 1.29 is 4.79 Å². The van der Waals surface area contributed by atoms with Crippen molar-refractivity contribution in [3.05, 3.63) is 34.9 Å². The van der Waals surface area contributed by atoms with Gasteiger partial charge in [-0.05, 0) is 36.0 Å². The van der Waals surface area contributed by atoms with Crippen LogP contribution in [-0.2, 0) is 24.1 Å². The summed E-state index contributed by atoms with van der Waals surface area (Å²) in [6.45, 7) is 3.85. The average Bonchev–Trinajstić information content (AvgIpc) is 2.70. The normalized spacial score (nSPS) is 17.9. The van der Waals surface area contributed by atoms with E-state index in [-0.39, 0.29) is 17.9 Å². The molecule has 1 N–H and O–H groups in total. The van der Waals surface area contributed by atoms with Crippen molar-refractivity contribution in [2.24, 2.45) is 5.92 Å². The second-order valence-corrected chi connectivity index (χ2v) is 5.69. The van der Waals surface area contributed by atoms with Gasteiger partial charge in [0, 0.05) is 17.8 Å². The fraction of sp³-hybridized carbons (Fsp3) is 0.533. The Hall–Kier alpha value is -1.02. The number of rotatable bonds is 4. The summed E-state index contributed by atoms with van der Waals surface area (Å²) in [5.74, 6) is 0.862. The van der Waals surface area contributed by atoms with Gasteiger partial charge in [0.2, 0.25) is 5.91 Å². The summed E-state index contributed by atoms with van der Waals surface area (Å²) in [6.07, 6.45) is 2.82. The van der Waals surface area contributed by atoms with Crippen molar-refractivity contribution in [2.75, 3.05) is 5.88 Å². The highest BCUT2D eigenvalue weighted by molar-refractivity contribution is 6.17. The predicted octanol–water partition coefficient (Wildman–Crippen LogP) is 2.71. The highest BCUT2D eigenvalue weighted by Crippen LogP contribution is 2.24. The number of alkyl halides is 1. The quantitative estimate of drug-likeness (QED) is 0.834. The topological polar surface area (TPSA) is 29.1 Å². The van der Waals surface area contributed by atoms with Crippen LogP contribution in [0.15, 0.2) is 18.2 Å². The Labute approximate surface area is 114 Å². The first kappa shape index (κ1) is 13.4. The Balaban J connectivity index is 2.01. The fourth-order valence-electron chi connectivity index (χ4n) is 2.41. The molecular weight excluding hydrogens is 246 g/mol. The number of hydrogen-bond acceptors (Lipinski definition) is 1. The summed E-state index contributed by atoms with van der Waals surface area (Å²) in [6, 6.07) is 6.83. The number of aryl methyl sites for hydroxylation is 1. The van der Waals surface area contributed by atoms with E-state index in [0.29, 0.717) is 5.88 Å². The molecule has 0 unspecified atom stereocenters. The number of halogens is 1. The number of nitrogens with one attached hydrogen (secondary N) is 1. The van der Waals surface area contributed by atoms with Crippen molar-refractivity contribution in [1.29, 1.82) is 0 Å². The van der Waals surface area contributed by atoms with Crippen molar-refractivity contribution in [2.45, 2.75) is 39.2 Å². The molecule has 0 aromatic heterocycles. The van der Waals surface area contributed by atoms with E-state index in [4.69, 9.17) is 11.6 Å². The summed E-state index contributed by atoms with van der Waals surface area (Å²) < 4.78 is 0. The molecule has 0 bridgehead atoms. The van der Waals surface area contributed by atoms with Gasteiger partial charge in [-0.25, -0.2) is 0 Å². The average molecular weight is 266 g/mol. The van der Waals surface area contributed by atoms with Gasteiger partial charge in [-0.15, -0.1) is 11.6 Å². The largest absolute Gasteiger partial charge is 0.352 e. The van der Waals surface area contributed by atoms with Crippen molar-refractivity contribution in [3.63, 3.8) is 0 Å². The third-order valence-corrected chi connectivity index (χ3v) is 3.65. The zero-order valence-corrected chi connectivity index (χ0v) is 11.8. The summed E-state index contributed by atoms with van der Waals surface area (Å²) >= 11 is 5.76. The summed E-state index contributed by atoms with van der Waals surface area (Å²) in [5.41, 5.74) is 4.02. The first-order chi connectivity index (χ1) is 8.60. The Bertz CT molecular complexity index is 442. The van der Waals surface area contributed by atoms with Crippen molar-refractivity contribution >= 4 is 17.5 Å². The van der Waals surface area contributed by atoms with Gasteiger partial charge in [0.25, 0.3) is 0 Å². The highest BCUT2D eigenvalue weighted by atomic mass is 35.5. The second-order valence-electron chi connectivity index (χ2n) is 5.31. The highest BCUT2D eigenvalue weighted by Gasteiger charge is 2.23. The van der Waals surface area contributed by atoms with E-state index in [1.54, 1.807) is 0 Å². The van der Waals surface area contributed by atoms with Crippen LogP contribution < -0.4 is 5.32 Å². The third kappa shape index (κ3) is 3.05. The Morgan fingerprint density at radius 2 is 2.11 bits per heavy atom. The Kier molecular flexibility index (Phi) is 4.28. The molecule has 1 aliphatic carbocycles. The van der Waals surface area contributed by atoms with Gasteiger partial charge < -0.3 is 5.32 Å². The summed E-state index contributed by atoms with van der Waals surface area (Å²) in [7, 11) is 0. The molecule has 1 aromatic rings. The molecular formula is C15H20ClNO. The minimum atomic E-state index is 0.0560. The molecule has 0 radical (unpaired) electrons. The molecule has 0 saturated carbocycles. The van der Waals surface area contributed by atoms with Crippen LogP contribution in [0.4, 0.5) is 0 Å². The maximum atomic E-state index is 11.7. The van der Waals surface area contributed by atoms with E-state index < -0.39 is 0 Å². The fourth-order valence-corrected chi connectivity index (χ4v) is 2.62. The first-order valence-corrected chi connectivity index (χ1v) is 7.10. The SMILES string of the molecule is CC(C)C(=O)N[C@@H]1Cc2ccc(CCCl)cc2C1. The summed E-state index contributed by atoms with van der Waals surface area (Å²) in [4.78, 5) is 11.7. The lowest BCUT2D eigenvalue weighted by molar-refractivity contribution is -0.124. The first-order valence-electron chi connectivity index (χ1n) is 6.57. The monoisotopic (exact) mass is 265 g/mol. The molecule has 0 saturated heterocycles. The molecule has 1 aromatic carbocycles.